The molecule has 0 aliphatic rings. The summed E-state index contributed by atoms with van der Waals surface area (Å²) in [6.45, 7) is 0. The monoisotopic (exact) mass is 268 g/mol. The van der Waals surface area contributed by atoms with Crippen molar-refractivity contribution >= 4 is 16.6 Å². The fraction of sp³-hybridized carbons (Fsp3) is 0.111. The second-order valence-corrected chi connectivity index (χ2v) is 4.74. The maximum absolute atomic E-state index is 6.21. The Bertz CT molecular complexity index is 538. The van der Waals surface area contributed by atoms with Gasteiger partial charge in [-0.05, 0) is 30.0 Å². The fourth-order valence-electron chi connectivity index (χ4n) is 1.84. The minimum Gasteiger partial charge on any atom is -0.0842 e. The third kappa shape index (κ3) is 4.76. The van der Waals surface area contributed by atoms with Crippen LogP contribution in [0.3, 0.4) is 0 Å². The van der Waals surface area contributed by atoms with Crippen LogP contribution in [-0.2, 0) is 6.42 Å². The van der Waals surface area contributed by atoms with Gasteiger partial charge in [0, 0.05) is 5.03 Å². The van der Waals surface area contributed by atoms with Gasteiger partial charge in [-0.1, -0.05) is 84.4 Å². The number of rotatable bonds is 5. The van der Waals surface area contributed by atoms with Gasteiger partial charge < -0.3 is 0 Å². The standard InChI is InChI=1S/C18H17Cl/c19-18(17-13-7-3-8-14-17)15-9-2-6-12-16-10-4-1-5-11-16/h1-5,7-11,13-15H,6,12H2. The molecule has 0 aromatic heterocycles. The van der Waals surface area contributed by atoms with Gasteiger partial charge in [0.1, 0.15) is 0 Å². The predicted octanol–water partition coefficient (Wildman–Crippen LogP) is 5.46. The lowest BCUT2D eigenvalue weighted by molar-refractivity contribution is 1.00. The highest BCUT2D eigenvalue weighted by molar-refractivity contribution is 6.48. The maximum atomic E-state index is 6.21. The number of halogens is 1. The SMILES string of the molecule is ClC(=CC=CCCc1ccccc1)c1ccccc1. The zero-order valence-corrected chi connectivity index (χ0v) is 11.6. The van der Waals surface area contributed by atoms with E-state index in [1.807, 2.05) is 48.6 Å². The van der Waals surface area contributed by atoms with Gasteiger partial charge in [0.25, 0.3) is 0 Å². The zero-order chi connectivity index (χ0) is 13.3. The van der Waals surface area contributed by atoms with Crippen molar-refractivity contribution in [1.82, 2.24) is 0 Å². The molecule has 0 nitrogen and oxygen atoms in total. The lowest BCUT2D eigenvalue weighted by Gasteiger charge is -1.97. The maximum Gasteiger partial charge on any atom is 0.0478 e. The van der Waals surface area contributed by atoms with Crippen molar-refractivity contribution < 1.29 is 0 Å². The molecule has 0 bridgehead atoms. The topological polar surface area (TPSA) is 0 Å². The van der Waals surface area contributed by atoms with Gasteiger partial charge in [0.15, 0.2) is 0 Å². The molecule has 0 aliphatic carbocycles. The minimum atomic E-state index is 0.775. The smallest absolute Gasteiger partial charge is 0.0478 e. The van der Waals surface area contributed by atoms with E-state index in [0.29, 0.717) is 0 Å². The molecule has 0 N–H and O–H groups in total. The van der Waals surface area contributed by atoms with Crippen LogP contribution in [0.15, 0.2) is 78.9 Å². The molecular formula is C18H17Cl. The van der Waals surface area contributed by atoms with Gasteiger partial charge in [0.2, 0.25) is 0 Å². The third-order valence-electron chi connectivity index (χ3n) is 2.87. The summed E-state index contributed by atoms with van der Waals surface area (Å²) in [7, 11) is 0. The van der Waals surface area contributed by atoms with Crippen molar-refractivity contribution in [2.24, 2.45) is 0 Å². The second-order valence-electron chi connectivity index (χ2n) is 4.33. The van der Waals surface area contributed by atoms with Crippen LogP contribution in [-0.4, -0.2) is 0 Å². The van der Waals surface area contributed by atoms with Crippen LogP contribution in [0.4, 0.5) is 0 Å². The molecule has 0 unspecified atom stereocenters. The Kier molecular flexibility index (Phi) is 5.46. The highest BCUT2D eigenvalue weighted by atomic mass is 35.5. The van der Waals surface area contributed by atoms with Crippen molar-refractivity contribution in [2.45, 2.75) is 12.8 Å². The van der Waals surface area contributed by atoms with E-state index in [1.54, 1.807) is 0 Å². The van der Waals surface area contributed by atoms with Gasteiger partial charge in [-0.3, -0.25) is 0 Å². The molecule has 2 rings (SSSR count). The Morgan fingerprint density at radius 3 is 2.21 bits per heavy atom. The van der Waals surface area contributed by atoms with Crippen LogP contribution in [0, 0.1) is 0 Å². The molecule has 2 aromatic carbocycles. The first-order valence-electron chi connectivity index (χ1n) is 6.48. The summed E-state index contributed by atoms with van der Waals surface area (Å²) >= 11 is 6.21. The van der Waals surface area contributed by atoms with Crippen LogP contribution >= 0.6 is 11.6 Å². The second kappa shape index (κ2) is 7.60. The lowest BCUT2D eigenvalue weighted by Crippen LogP contribution is -1.80. The molecule has 0 fully saturated rings. The van der Waals surface area contributed by atoms with Gasteiger partial charge in [-0.25, -0.2) is 0 Å². The Labute approximate surface area is 120 Å². The Balaban J connectivity index is 1.83. The average Bonchev–Trinajstić information content (AvgIpc) is 2.49. The predicted molar refractivity (Wildman–Crippen MR) is 84.2 cm³/mol. The number of aryl methyl sites for hydroxylation is 1. The van der Waals surface area contributed by atoms with E-state index in [2.05, 4.69) is 30.3 Å². The number of allylic oxidation sites excluding steroid dienone is 3. The number of hydrogen-bond acceptors (Lipinski definition) is 0. The van der Waals surface area contributed by atoms with E-state index in [9.17, 15) is 0 Å². The Hall–Kier alpha value is -1.79. The van der Waals surface area contributed by atoms with Crippen molar-refractivity contribution in [3.8, 4) is 0 Å². The number of hydrogen-bond donors (Lipinski definition) is 0. The highest BCUT2D eigenvalue weighted by Gasteiger charge is 1.93. The molecule has 19 heavy (non-hydrogen) atoms. The van der Waals surface area contributed by atoms with Crippen LogP contribution in [0.1, 0.15) is 17.5 Å². The van der Waals surface area contributed by atoms with Gasteiger partial charge in [-0.2, -0.15) is 0 Å². The molecule has 0 radical (unpaired) electrons. The van der Waals surface area contributed by atoms with E-state index in [1.165, 1.54) is 5.56 Å². The summed E-state index contributed by atoms with van der Waals surface area (Å²) < 4.78 is 0. The average molecular weight is 269 g/mol. The largest absolute Gasteiger partial charge is 0.0842 e. The van der Waals surface area contributed by atoms with Crippen LogP contribution < -0.4 is 0 Å². The molecular weight excluding hydrogens is 252 g/mol. The van der Waals surface area contributed by atoms with Crippen molar-refractivity contribution in [1.29, 1.82) is 0 Å². The Morgan fingerprint density at radius 2 is 1.53 bits per heavy atom. The molecule has 0 atom stereocenters. The van der Waals surface area contributed by atoms with Gasteiger partial charge in [-0.15, -0.1) is 0 Å². The summed E-state index contributed by atoms with van der Waals surface area (Å²) in [5, 5.41) is 0.775. The van der Waals surface area contributed by atoms with Crippen LogP contribution in [0.5, 0.6) is 0 Å². The highest BCUT2D eigenvalue weighted by Crippen LogP contribution is 2.18. The van der Waals surface area contributed by atoms with E-state index in [4.69, 9.17) is 11.6 Å². The first kappa shape index (κ1) is 13.6. The van der Waals surface area contributed by atoms with Crippen molar-refractivity contribution in [2.75, 3.05) is 0 Å². The lowest BCUT2D eigenvalue weighted by atomic mass is 10.1. The first-order chi connectivity index (χ1) is 9.36. The molecule has 0 heterocycles. The summed E-state index contributed by atoms with van der Waals surface area (Å²) in [5.41, 5.74) is 2.42. The molecule has 96 valence electrons. The first-order valence-corrected chi connectivity index (χ1v) is 6.86. The molecule has 2 aromatic rings. The van der Waals surface area contributed by atoms with Crippen LogP contribution in [0.25, 0.3) is 5.03 Å². The quantitative estimate of drug-likeness (QED) is 0.632. The molecule has 0 amide bonds. The van der Waals surface area contributed by atoms with E-state index in [-0.39, 0.29) is 0 Å². The summed E-state index contributed by atoms with van der Waals surface area (Å²) in [4.78, 5) is 0. The summed E-state index contributed by atoms with van der Waals surface area (Å²) in [6, 6.07) is 20.5. The van der Waals surface area contributed by atoms with Gasteiger partial charge in [0.05, 0.1) is 0 Å². The van der Waals surface area contributed by atoms with E-state index >= 15 is 0 Å². The molecule has 0 aliphatic heterocycles. The molecule has 0 spiro atoms. The number of benzene rings is 2. The summed E-state index contributed by atoms with van der Waals surface area (Å²) in [6.07, 6.45) is 8.21. The fourth-order valence-corrected chi connectivity index (χ4v) is 2.04. The molecule has 0 saturated carbocycles. The Morgan fingerprint density at radius 1 is 0.895 bits per heavy atom. The van der Waals surface area contributed by atoms with Crippen molar-refractivity contribution in [3.63, 3.8) is 0 Å². The van der Waals surface area contributed by atoms with E-state index < -0.39 is 0 Å². The normalized spacial score (nSPS) is 11.9. The van der Waals surface area contributed by atoms with Crippen molar-refractivity contribution in [3.05, 3.63) is 90.0 Å². The third-order valence-corrected chi connectivity index (χ3v) is 3.21. The molecule has 0 saturated heterocycles. The summed E-state index contributed by atoms with van der Waals surface area (Å²) in [5.74, 6) is 0. The minimum absolute atomic E-state index is 0.775. The van der Waals surface area contributed by atoms with Gasteiger partial charge >= 0.3 is 0 Å². The van der Waals surface area contributed by atoms with Crippen LogP contribution in [0.2, 0.25) is 0 Å². The van der Waals surface area contributed by atoms with E-state index in [0.717, 1.165) is 23.4 Å². The zero-order valence-electron chi connectivity index (χ0n) is 10.8. The molecule has 1 heteroatoms.